The lowest BCUT2D eigenvalue weighted by Crippen LogP contribution is -2.56. The molecule has 1 aromatic carbocycles. The molecular weight excluding hydrogens is 308 g/mol. The van der Waals surface area contributed by atoms with Crippen molar-refractivity contribution < 1.29 is 4.79 Å². The van der Waals surface area contributed by atoms with Crippen LogP contribution in [-0.4, -0.2) is 45.5 Å². The number of H-pyrrole nitrogens is 1. The summed E-state index contributed by atoms with van der Waals surface area (Å²) in [5.41, 5.74) is -0.322. The largest absolute Gasteiger partial charge is 0.340 e. The van der Waals surface area contributed by atoms with Crippen molar-refractivity contribution in [1.82, 2.24) is 19.8 Å². The van der Waals surface area contributed by atoms with Crippen molar-refractivity contribution >= 4 is 16.8 Å². The van der Waals surface area contributed by atoms with Crippen LogP contribution in [0, 0.1) is 0 Å². The van der Waals surface area contributed by atoms with E-state index in [0.717, 1.165) is 0 Å². The summed E-state index contributed by atoms with van der Waals surface area (Å²) in [6, 6.07) is 7.45. The molecular formula is C17H22N4O3. The van der Waals surface area contributed by atoms with Crippen molar-refractivity contribution in [2.24, 2.45) is 0 Å². The average molecular weight is 330 g/mol. The van der Waals surface area contributed by atoms with Crippen LogP contribution in [0.3, 0.4) is 0 Å². The average Bonchev–Trinajstić information content (AvgIpc) is 2.53. The number of carbonyl (C=O) groups excluding carboxylic acids is 1. The van der Waals surface area contributed by atoms with Crippen LogP contribution in [0.2, 0.25) is 0 Å². The van der Waals surface area contributed by atoms with Gasteiger partial charge in [-0.3, -0.25) is 19.1 Å². The lowest BCUT2D eigenvalue weighted by atomic mass is 10.1. The van der Waals surface area contributed by atoms with Gasteiger partial charge in [0.25, 0.3) is 5.56 Å². The van der Waals surface area contributed by atoms with E-state index < -0.39 is 11.2 Å². The van der Waals surface area contributed by atoms with Gasteiger partial charge in [-0.25, -0.2) is 4.79 Å². The first kappa shape index (κ1) is 16.4. The number of nitrogens with zero attached hydrogens (tertiary/aromatic N) is 2. The summed E-state index contributed by atoms with van der Waals surface area (Å²) in [7, 11) is 0. The van der Waals surface area contributed by atoms with Crippen LogP contribution in [0.5, 0.6) is 0 Å². The Bertz CT molecular complexity index is 860. The fourth-order valence-electron chi connectivity index (χ4n) is 3.36. The first-order valence-corrected chi connectivity index (χ1v) is 8.21. The minimum absolute atomic E-state index is 0.0254. The van der Waals surface area contributed by atoms with Crippen molar-refractivity contribution in [3.63, 3.8) is 0 Å². The Hall–Kier alpha value is -2.41. The number of carbonyl (C=O) groups is 1. The molecule has 0 unspecified atom stereocenters. The predicted octanol–water partition coefficient (Wildman–Crippen LogP) is 0.289. The molecule has 2 heterocycles. The van der Waals surface area contributed by atoms with Crippen LogP contribution in [0.4, 0.5) is 0 Å². The maximum Gasteiger partial charge on any atom is 0.328 e. The van der Waals surface area contributed by atoms with Crippen molar-refractivity contribution in [3.05, 3.63) is 45.1 Å². The highest BCUT2D eigenvalue weighted by Crippen LogP contribution is 2.09. The second-order valence-electron chi connectivity index (χ2n) is 6.45. The number of piperazine rings is 1. The molecule has 128 valence electrons. The van der Waals surface area contributed by atoms with Crippen LogP contribution in [-0.2, 0) is 11.3 Å². The highest BCUT2D eigenvalue weighted by molar-refractivity contribution is 5.79. The van der Waals surface area contributed by atoms with Gasteiger partial charge in [-0.1, -0.05) is 12.1 Å². The second kappa shape index (κ2) is 6.60. The molecule has 0 bridgehead atoms. The third-order valence-electron chi connectivity index (χ3n) is 4.36. The number of aryl methyl sites for hydroxylation is 1. The Balaban J connectivity index is 1.80. The van der Waals surface area contributed by atoms with E-state index in [4.69, 9.17) is 0 Å². The highest BCUT2D eigenvalue weighted by atomic mass is 16.2. The van der Waals surface area contributed by atoms with E-state index in [1.807, 2.05) is 4.90 Å². The molecule has 1 saturated heterocycles. The zero-order chi connectivity index (χ0) is 17.3. The molecule has 3 rings (SSSR count). The fraction of sp³-hybridized carbons (Fsp3) is 0.471. The number of aromatic amines is 1. The molecule has 1 amide bonds. The smallest absolute Gasteiger partial charge is 0.328 e. The van der Waals surface area contributed by atoms with Gasteiger partial charge in [-0.15, -0.1) is 0 Å². The monoisotopic (exact) mass is 330 g/mol. The van der Waals surface area contributed by atoms with E-state index >= 15 is 0 Å². The Morgan fingerprint density at radius 1 is 1.17 bits per heavy atom. The Labute approximate surface area is 139 Å². The maximum absolute atomic E-state index is 12.5. The summed E-state index contributed by atoms with van der Waals surface area (Å²) in [6.07, 6.45) is 0.232. The zero-order valence-corrected chi connectivity index (χ0v) is 13.9. The molecule has 1 aliphatic rings. The number of aromatic nitrogens is 2. The predicted molar refractivity (Wildman–Crippen MR) is 92.1 cm³/mol. The van der Waals surface area contributed by atoms with Gasteiger partial charge < -0.3 is 10.2 Å². The van der Waals surface area contributed by atoms with Crippen LogP contribution < -0.4 is 16.6 Å². The van der Waals surface area contributed by atoms with Gasteiger partial charge in [0, 0.05) is 38.1 Å². The van der Waals surface area contributed by atoms with Crippen LogP contribution in [0.1, 0.15) is 20.3 Å². The molecule has 1 aromatic heterocycles. The number of fused-ring (bicyclic) bond motifs is 1. The van der Waals surface area contributed by atoms with Crippen molar-refractivity contribution in [1.29, 1.82) is 0 Å². The molecule has 0 spiro atoms. The van der Waals surface area contributed by atoms with Gasteiger partial charge in [0.05, 0.1) is 10.9 Å². The number of hydrogen-bond acceptors (Lipinski definition) is 4. The number of amides is 1. The summed E-state index contributed by atoms with van der Waals surface area (Å²) < 4.78 is 1.46. The van der Waals surface area contributed by atoms with Gasteiger partial charge in [0.15, 0.2) is 0 Å². The number of rotatable bonds is 3. The van der Waals surface area contributed by atoms with Gasteiger partial charge in [0.1, 0.15) is 0 Å². The zero-order valence-electron chi connectivity index (χ0n) is 13.9. The van der Waals surface area contributed by atoms with Crippen LogP contribution >= 0.6 is 0 Å². The fourth-order valence-corrected chi connectivity index (χ4v) is 3.36. The second-order valence-corrected chi connectivity index (χ2v) is 6.45. The Kier molecular flexibility index (Phi) is 4.53. The number of benzene rings is 1. The first-order valence-electron chi connectivity index (χ1n) is 8.21. The van der Waals surface area contributed by atoms with Crippen molar-refractivity contribution in [2.75, 3.05) is 13.1 Å². The molecule has 2 aromatic rings. The summed E-state index contributed by atoms with van der Waals surface area (Å²) in [6.45, 7) is 5.70. The van der Waals surface area contributed by atoms with E-state index in [-0.39, 0.29) is 31.0 Å². The minimum atomic E-state index is -0.478. The highest BCUT2D eigenvalue weighted by Gasteiger charge is 2.24. The molecule has 1 fully saturated rings. The minimum Gasteiger partial charge on any atom is -0.340 e. The maximum atomic E-state index is 12.5. The Morgan fingerprint density at radius 3 is 2.54 bits per heavy atom. The first-order chi connectivity index (χ1) is 11.5. The van der Waals surface area contributed by atoms with Gasteiger partial charge in [-0.2, -0.15) is 0 Å². The van der Waals surface area contributed by atoms with Crippen LogP contribution in [0.15, 0.2) is 33.9 Å². The molecule has 0 saturated carbocycles. The molecule has 24 heavy (non-hydrogen) atoms. The van der Waals surface area contributed by atoms with E-state index in [2.05, 4.69) is 24.1 Å². The lowest BCUT2D eigenvalue weighted by molar-refractivity contribution is -0.133. The molecule has 1 aliphatic heterocycles. The van der Waals surface area contributed by atoms with Crippen molar-refractivity contribution in [2.45, 2.75) is 38.9 Å². The van der Waals surface area contributed by atoms with Gasteiger partial charge >= 0.3 is 5.69 Å². The third-order valence-corrected chi connectivity index (χ3v) is 4.36. The molecule has 0 aliphatic carbocycles. The lowest BCUT2D eigenvalue weighted by Gasteiger charge is -2.36. The van der Waals surface area contributed by atoms with E-state index in [1.54, 1.807) is 24.3 Å². The molecule has 2 N–H and O–H groups in total. The summed E-state index contributed by atoms with van der Waals surface area (Å²) in [5, 5.41) is 3.84. The third kappa shape index (κ3) is 3.26. The topological polar surface area (TPSA) is 87.2 Å². The molecule has 7 nitrogen and oxygen atoms in total. The normalized spacial score (nSPS) is 21.2. The molecule has 0 radical (unpaired) electrons. The summed E-state index contributed by atoms with van der Waals surface area (Å²) in [4.78, 5) is 40.6. The Morgan fingerprint density at radius 2 is 1.83 bits per heavy atom. The van der Waals surface area contributed by atoms with E-state index in [9.17, 15) is 14.4 Å². The molecule has 2 atom stereocenters. The standard InChI is InChI=1S/C17H22N4O3/c1-11-9-20(10-12(2)18-11)15(22)7-8-21-14-6-4-3-5-13(14)16(23)19-17(21)24/h3-6,11-12,18H,7-10H2,1-2H3,(H,19,23,24)/t11-,12-/m1/s1. The SMILES string of the molecule is C[C@@H]1CN(C(=O)CCn2c(=O)[nH]c(=O)c3ccccc32)C[C@@H](C)N1. The van der Waals surface area contributed by atoms with E-state index in [1.165, 1.54) is 4.57 Å². The number of para-hydroxylation sites is 1. The molecule has 7 heteroatoms. The number of nitrogens with one attached hydrogen (secondary N) is 2. The van der Waals surface area contributed by atoms with E-state index in [0.29, 0.717) is 24.0 Å². The van der Waals surface area contributed by atoms with Crippen molar-refractivity contribution in [3.8, 4) is 0 Å². The number of hydrogen-bond donors (Lipinski definition) is 2. The summed E-state index contributed by atoms with van der Waals surface area (Å²) >= 11 is 0. The summed E-state index contributed by atoms with van der Waals surface area (Å²) in [5.74, 6) is 0.0254. The van der Waals surface area contributed by atoms with Gasteiger partial charge in [-0.05, 0) is 26.0 Å². The quantitative estimate of drug-likeness (QED) is 0.847. The van der Waals surface area contributed by atoms with Gasteiger partial charge in [0.2, 0.25) is 5.91 Å². The van der Waals surface area contributed by atoms with Crippen LogP contribution in [0.25, 0.3) is 10.9 Å².